The van der Waals surface area contributed by atoms with Gasteiger partial charge in [0.2, 0.25) is 5.88 Å². The number of anilines is 1. The van der Waals surface area contributed by atoms with Crippen LogP contribution in [0.5, 0.6) is 5.88 Å². The largest absolute Gasteiger partial charge is 0.480 e. The summed E-state index contributed by atoms with van der Waals surface area (Å²) in [6.07, 6.45) is 3.31. The van der Waals surface area contributed by atoms with Gasteiger partial charge in [-0.2, -0.15) is 0 Å². The highest BCUT2D eigenvalue weighted by atomic mass is 32.2. The van der Waals surface area contributed by atoms with Crippen molar-refractivity contribution in [2.45, 2.75) is 26.2 Å². The monoisotopic (exact) mass is 256 g/mol. The van der Waals surface area contributed by atoms with Crippen molar-refractivity contribution >= 4 is 21.3 Å². The lowest BCUT2D eigenvalue weighted by Crippen LogP contribution is -2.15. The van der Waals surface area contributed by atoms with E-state index in [9.17, 15) is 4.21 Å². The van der Waals surface area contributed by atoms with E-state index >= 15 is 0 Å². The molecule has 0 saturated heterocycles. The van der Waals surface area contributed by atoms with Crippen LogP contribution in [-0.4, -0.2) is 28.4 Å². The van der Waals surface area contributed by atoms with Gasteiger partial charge in [-0.05, 0) is 22.9 Å². The SMILES string of the molecule is C=S(C)(=O)Nc1cc(C(C)(C)C)cnc1OC. The highest BCUT2D eigenvalue weighted by Gasteiger charge is 2.17. The van der Waals surface area contributed by atoms with Gasteiger partial charge in [0.15, 0.2) is 0 Å². The molecule has 0 aliphatic rings. The minimum Gasteiger partial charge on any atom is -0.480 e. The van der Waals surface area contributed by atoms with E-state index in [1.54, 1.807) is 6.20 Å². The molecule has 0 saturated carbocycles. The van der Waals surface area contributed by atoms with Gasteiger partial charge in [0.05, 0.1) is 7.11 Å². The van der Waals surface area contributed by atoms with Crippen LogP contribution in [0.1, 0.15) is 26.3 Å². The first-order chi connectivity index (χ1) is 7.63. The summed E-state index contributed by atoms with van der Waals surface area (Å²) < 4.78 is 19.7. The van der Waals surface area contributed by atoms with E-state index in [1.807, 2.05) is 6.07 Å². The molecule has 1 heterocycles. The molecule has 0 aromatic carbocycles. The van der Waals surface area contributed by atoms with Crippen molar-refractivity contribution in [1.82, 2.24) is 4.98 Å². The van der Waals surface area contributed by atoms with Gasteiger partial charge >= 0.3 is 0 Å². The molecule has 4 nitrogen and oxygen atoms in total. The van der Waals surface area contributed by atoms with Crippen molar-refractivity contribution in [3.05, 3.63) is 17.8 Å². The fourth-order valence-corrected chi connectivity index (χ4v) is 1.94. The number of hydrogen-bond acceptors (Lipinski definition) is 3. The summed E-state index contributed by atoms with van der Waals surface area (Å²) in [5, 5.41) is 0. The molecule has 1 aromatic rings. The first-order valence-electron chi connectivity index (χ1n) is 5.28. The van der Waals surface area contributed by atoms with Crippen molar-refractivity contribution in [3.8, 4) is 5.88 Å². The third-order valence-corrected chi connectivity index (χ3v) is 2.89. The van der Waals surface area contributed by atoms with Crippen LogP contribution < -0.4 is 9.46 Å². The molecule has 1 rings (SSSR count). The van der Waals surface area contributed by atoms with Gasteiger partial charge < -0.3 is 9.46 Å². The normalized spacial score (nSPS) is 15.1. The minimum absolute atomic E-state index is 0.0223. The summed E-state index contributed by atoms with van der Waals surface area (Å²) in [6.45, 7) is 6.27. The van der Waals surface area contributed by atoms with E-state index in [4.69, 9.17) is 4.74 Å². The smallest absolute Gasteiger partial charge is 0.237 e. The van der Waals surface area contributed by atoms with E-state index in [0.29, 0.717) is 11.6 Å². The second kappa shape index (κ2) is 4.56. The maximum atomic E-state index is 11.7. The molecule has 0 aliphatic carbocycles. The van der Waals surface area contributed by atoms with Crippen molar-refractivity contribution in [2.24, 2.45) is 0 Å². The molecule has 1 unspecified atom stereocenters. The standard InChI is InChI=1S/C12H20N2O2S/c1-12(2,3)9-7-10(14-17(5,6)15)11(16-4)13-8-9/h7-8H,5H2,1-4,6H3,(H,14,15). The zero-order valence-corrected chi connectivity index (χ0v) is 11.9. The Kier molecular flexibility index (Phi) is 3.71. The number of methoxy groups -OCH3 is 1. The average Bonchev–Trinajstić information content (AvgIpc) is 2.13. The van der Waals surface area contributed by atoms with Crippen LogP contribution in [0.3, 0.4) is 0 Å². The Hall–Kier alpha value is -1.23. The van der Waals surface area contributed by atoms with E-state index in [0.717, 1.165) is 5.56 Å². The number of aromatic nitrogens is 1. The van der Waals surface area contributed by atoms with Crippen molar-refractivity contribution in [1.29, 1.82) is 0 Å². The molecule has 0 radical (unpaired) electrons. The molecule has 0 amide bonds. The quantitative estimate of drug-likeness (QED) is 0.842. The lowest BCUT2D eigenvalue weighted by molar-refractivity contribution is 0.399. The van der Waals surface area contributed by atoms with E-state index in [-0.39, 0.29) is 5.41 Å². The number of nitrogens with zero attached hydrogens (tertiary/aromatic N) is 1. The van der Waals surface area contributed by atoms with Crippen molar-refractivity contribution in [3.63, 3.8) is 0 Å². The van der Waals surface area contributed by atoms with Crippen LogP contribution in [0.4, 0.5) is 5.69 Å². The second-order valence-corrected chi connectivity index (χ2v) is 7.35. The first-order valence-corrected chi connectivity index (χ1v) is 7.41. The number of hydrogen-bond donors (Lipinski definition) is 1. The van der Waals surface area contributed by atoms with E-state index in [2.05, 4.69) is 36.3 Å². The Morgan fingerprint density at radius 2 is 2.06 bits per heavy atom. The molecular weight excluding hydrogens is 236 g/mol. The van der Waals surface area contributed by atoms with Crippen LogP contribution in [0.25, 0.3) is 0 Å². The molecule has 96 valence electrons. The first kappa shape index (κ1) is 13.8. The van der Waals surface area contributed by atoms with E-state index in [1.165, 1.54) is 13.4 Å². The van der Waals surface area contributed by atoms with Gasteiger partial charge in [0.1, 0.15) is 5.69 Å². The lowest BCUT2D eigenvalue weighted by atomic mass is 9.88. The summed E-state index contributed by atoms with van der Waals surface area (Å²) >= 11 is 0. The van der Waals surface area contributed by atoms with Crippen LogP contribution in [0.15, 0.2) is 12.3 Å². The zero-order valence-electron chi connectivity index (χ0n) is 11.0. The number of nitrogens with one attached hydrogen (secondary N) is 1. The Morgan fingerprint density at radius 1 is 1.47 bits per heavy atom. The molecule has 0 spiro atoms. The van der Waals surface area contributed by atoms with Crippen LogP contribution in [-0.2, 0) is 15.1 Å². The molecule has 5 heteroatoms. The van der Waals surface area contributed by atoms with Gasteiger partial charge in [-0.3, -0.25) is 0 Å². The van der Waals surface area contributed by atoms with Crippen molar-refractivity contribution in [2.75, 3.05) is 18.1 Å². The summed E-state index contributed by atoms with van der Waals surface area (Å²) in [6, 6.07) is 1.90. The molecule has 0 fully saturated rings. The van der Waals surface area contributed by atoms with Gasteiger partial charge in [-0.1, -0.05) is 20.8 Å². The highest BCUT2D eigenvalue weighted by molar-refractivity contribution is 8.00. The number of rotatable bonds is 3. The molecule has 1 atom stereocenters. The minimum atomic E-state index is -2.34. The Bertz CT molecular complexity index is 502. The molecular formula is C12H20N2O2S. The van der Waals surface area contributed by atoms with E-state index < -0.39 is 9.71 Å². The summed E-state index contributed by atoms with van der Waals surface area (Å²) in [4.78, 5) is 4.21. The van der Waals surface area contributed by atoms with Gasteiger partial charge in [-0.25, -0.2) is 9.19 Å². The van der Waals surface area contributed by atoms with Gasteiger partial charge in [0, 0.05) is 22.2 Å². The Morgan fingerprint density at radius 3 is 2.47 bits per heavy atom. The van der Waals surface area contributed by atoms with Gasteiger partial charge in [-0.15, -0.1) is 0 Å². The molecule has 17 heavy (non-hydrogen) atoms. The maximum absolute atomic E-state index is 11.7. The van der Waals surface area contributed by atoms with Gasteiger partial charge in [0.25, 0.3) is 0 Å². The second-order valence-electron chi connectivity index (χ2n) is 5.14. The lowest BCUT2D eigenvalue weighted by Gasteiger charge is -2.20. The number of pyridine rings is 1. The maximum Gasteiger partial charge on any atom is 0.237 e. The Labute approximate surface area is 104 Å². The summed E-state index contributed by atoms with van der Waals surface area (Å²) in [5.74, 6) is 3.99. The molecule has 1 aromatic heterocycles. The fraction of sp³-hybridized carbons (Fsp3) is 0.500. The topological polar surface area (TPSA) is 51.2 Å². The number of ether oxygens (including phenoxy) is 1. The third-order valence-electron chi connectivity index (χ3n) is 2.24. The van der Waals surface area contributed by atoms with Crippen LogP contribution in [0.2, 0.25) is 0 Å². The third kappa shape index (κ3) is 3.93. The highest BCUT2D eigenvalue weighted by Crippen LogP contribution is 2.29. The fourth-order valence-electron chi connectivity index (χ4n) is 1.33. The van der Waals surface area contributed by atoms with Crippen LogP contribution >= 0.6 is 0 Å². The molecule has 0 aliphatic heterocycles. The molecule has 1 N–H and O–H groups in total. The average molecular weight is 256 g/mol. The summed E-state index contributed by atoms with van der Waals surface area (Å²) in [7, 11) is -0.809. The predicted octanol–water partition coefficient (Wildman–Crippen LogP) is 2.06. The van der Waals surface area contributed by atoms with Crippen molar-refractivity contribution < 1.29 is 8.95 Å². The van der Waals surface area contributed by atoms with Crippen LogP contribution in [0, 0.1) is 0 Å². The Balaban J connectivity index is 3.25. The molecule has 0 bridgehead atoms. The zero-order chi connectivity index (χ0) is 13.3. The summed E-state index contributed by atoms with van der Waals surface area (Å²) in [5.41, 5.74) is 1.64. The predicted molar refractivity (Wildman–Crippen MR) is 74.3 cm³/mol.